The first-order valence-corrected chi connectivity index (χ1v) is 5.54. The maximum absolute atomic E-state index is 11.8. The van der Waals surface area contributed by atoms with Crippen molar-refractivity contribution >= 4 is 5.91 Å². The van der Waals surface area contributed by atoms with Gasteiger partial charge in [-0.05, 0) is 11.8 Å². The zero-order chi connectivity index (χ0) is 11.8. The smallest absolute Gasteiger partial charge is 0.239 e. The van der Waals surface area contributed by atoms with Gasteiger partial charge < -0.3 is 15.7 Å². The fraction of sp³-hybridized carbons (Fsp3) is 0.909. The molecule has 0 saturated carbocycles. The number of hydrogen-bond donors (Lipinski definition) is 2. The number of β-amino-alcohol motifs (C(OH)–C–C–N with tert-alkyl or cyclic N) is 1. The fourth-order valence-electron chi connectivity index (χ4n) is 1.63. The van der Waals surface area contributed by atoms with Crippen molar-refractivity contribution in [2.45, 2.75) is 39.3 Å². The largest absolute Gasteiger partial charge is 0.386 e. The molecule has 1 aliphatic heterocycles. The minimum atomic E-state index is -0.702. The number of nitrogens with two attached hydrogens (primary N) is 1. The SMILES string of the molecule is CC(C)[C@H](N)C(=O)N1CC(O)(C(C)C)C1. The van der Waals surface area contributed by atoms with Crippen LogP contribution < -0.4 is 5.73 Å². The molecule has 0 bridgehead atoms. The van der Waals surface area contributed by atoms with Crippen molar-refractivity contribution in [3.63, 3.8) is 0 Å². The van der Waals surface area contributed by atoms with Crippen LogP contribution in [0.5, 0.6) is 0 Å². The number of carbonyl (C=O) groups excluding carboxylic acids is 1. The molecule has 0 aliphatic carbocycles. The summed E-state index contributed by atoms with van der Waals surface area (Å²) < 4.78 is 0. The van der Waals surface area contributed by atoms with E-state index in [0.29, 0.717) is 13.1 Å². The Labute approximate surface area is 91.4 Å². The van der Waals surface area contributed by atoms with Crippen LogP contribution in [-0.4, -0.2) is 40.6 Å². The highest BCUT2D eigenvalue weighted by Crippen LogP contribution is 2.29. The van der Waals surface area contributed by atoms with Crippen molar-refractivity contribution in [1.29, 1.82) is 0 Å². The zero-order valence-electron chi connectivity index (χ0n) is 10.0. The number of aliphatic hydroxyl groups is 1. The minimum absolute atomic E-state index is 0.0460. The molecule has 1 heterocycles. The van der Waals surface area contributed by atoms with Crippen molar-refractivity contribution in [2.24, 2.45) is 17.6 Å². The molecule has 1 amide bonds. The molecule has 0 spiro atoms. The van der Waals surface area contributed by atoms with Crippen molar-refractivity contribution < 1.29 is 9.90 Å². The summed E-state index contributed by atoms with van der Waals surface area (Å²) in [5.74, 6) is 0.275. The highest BCUT2D eigenvalue weighted by Gasteiger charge is 2.46. The summed E-state index contributed by atoms with van der Waals surface area (Å²) in [5.41, 5.74) is 5.06. The highest BCUT2D eigenvalue weighted by atomic mass is 16.3. The molecule has 1 atom stereocenters. The minimum Gasteiger partial charge on any atom is -0.386 e. The quantitative estimate of drug-likeness (QED) is 0.705. The standard InChI is InChI=1S/C11H22N2O2/c1-7(2)9(12)10(14)13-5-11(15,6-13)8(3)4/h7-9,15H,5-6,12H2,1-4H3/t9-/m0/s1. The van der Waals surface area contributed by atoms with Gasteiger partial charge in [-0.3, -0.25) is 4.79 Å². The van der Waals surface area contributed by atoms with E-state index in [0.717, 1.165) is 0 Å². The maximum atomic E-state index is 11.8. The molecular weight excluding hydrogens is 192 g/mol. The lowest BCUT2D eigenvalue weighted by Crippen LogP contribution is -2.68. The lowest BCUT2D eigenvalue weighted by atomic mass is 9.82. The molecular formula is C11H22N2O2. The maximum Gasteiger partial charge on any atom is 0.239 e. The van der Waals surface area contributed by atoms with E-state index in [9.17, 15) is 9.90 Å². The van der Waals surface area contributed by atoms with Gasteiger partial charge in [-0.2, -0.15) is 0 Å². The van der Waals surface area contributed by atoms with Gasteiger partial charge in [0.15, 0.2) is 0 Å². The Morgan fingerprint density at radius 1 is 1.33 bits per heavy atom. The molecule has 1 saturated heterocycles. The van der Waals surface area contributed by atoms with Gasteiger partial charge in [0.1, 0.15) is 5.60 Å². The third-order valence-electron chi connectivity index (χ3n) is 3.32. The van der Waals surface area contributed by atoms with Crippen molar-refractivity contribution in [2.75, 3.05) is 13.1 Å². The van der Waals surface area contributed by atoms with Crippen LogP contribution in [0.3, 0.4) is 0 Å². The molecule has 0 unspecified atom stereocenters. The fourth-order valence-corrected chi connectivity index (χ4v) is 1.63. The molecule has 1 fully saturated rings. The second kappa shape index (κ2) is 4.10. The van der Waals surface area contributed by atoms with Gasteiger partial charge in [-0.25, -0.2) is 0 Å². The summed E-state index contributed by atoms with van der Waals surface area (Å²) in [7, 11) is 0. The topological polar surface area (TPSA) is 66.6 Å². The van der Waals surface area contributed by atoms with E-state index in [1.54, 1.807) is 4.90 Å². The number of likely N-dealkylation sites (tertiary alicyclic amines) is 1. The van der Waals surface area contributed by atoms with Crippen LogP contribution >= 0.6 is 0 Å². The van der Waals surface area contributed by atoms with E-state index < -0.39 is 11.6 Å². The second-order valence-electron chi connectivity index (χ2n) is 5.22. The van der Waals surface area contributed by atoms with Crippen LogP contribution in [0.25, 0.3) is 0 Å². The van der Waals surface area contributed by atoms with Crippen LogP contribution in [0.15, 0.2) is 0 Å². The Balaban J connectivity index is 2.49. The highest BCUT2D eigenvalue weighted by molar-refractivity contribution is 5.83. The van der Waals surface area contributed by atoms with E-state index in [4.69, 9.17) is 5.73 Å². The summed E-state index contributed by atoms with van der Waals surface area (Å²) in [4.78, 5) is 13.4. The first-order valence-electron chi connectivity index (χ1n) is 5.54. The third-order valence-corrected chi connectivity index (χ3v) is 3.32. The number of rotatable bonds is 3. The average molecular weight is 214 g/mol. The van der Waals surface area contributed by atoms with Crippen molar-refractivity contribution in [3.05, 3.63) is 0 Å². The monoisotopic (exact) mass is 214 g/mol. The number of hydrogen-bond acceptors (Lipinski definition) is 3. The van der Waals surface area contributed by atoms with Crippen LogP contribution in [0.1, 0.15) is 27.7 Å². The van der Waals surface area contributed by atoms with Gasteiger partial charge in [0.25, 0.3) is 0 Å². The molecule has 0 aromatic carbocycles. The van der Waals surface area contributed by atoms with E-state index in [1.165, 1.54) is 0 Å². The summed E-state index contributed by atoms with van der Waals surface area (Å²) in [6.45, 7) is 8.62. The number of carbonyl (C=O) groups is 1. The predicted octanol–water partition coefficient (Wildman–Crippen LogP) is 0.199. The second-order valence-corrected chi connectivity index (χ2v) is 5.22. The summed E-state index contributed by atoms with van der Waals surface area (Å²) >= 11 is 0. The van der Waals surface area contributed by atoms with Gasteiger partial charge in [0.05, 0.1) is 19.1 Å². The van der Waals surface area contributed by atoms with Crippen LogP contribution in [0, 0.1) is 11.8 Å². The van der Waals surface area contributed by atoms with E-state index in [1.807, 2.05) is 27.7 Å². The summed E-state index contributed by atoms with van der Waals surface area (Å²) in [6, 6.07) is -0.443. The molecule has 0 aromatic heterocycles. The van der Waals surface area contributed by atoms with Crippen molar-refractivity contribution in [1.82, 2.24) is 4.90 Å². The molecule has 1 aliphatic rings. The van der Waals surface area contributed by atoms with E-state index in [-0.39, 0.29) is 17.7 Å². The molecule has 15 heavy (non-hydrogen) atoms. The average Bonchev–Trinajstić information content (AvgIpc) is 2.09. The molecule has 0 aromatic rings. The predicted molar refractivity (Wildman–Crippen MR) is 59.2 cm³/mol. The van der Waals surface area contributed by atoms with Crippen LogP contribution in [0.4, 0.5) is 0 Å². The normalized spacial score (nSPS) is 21.7. The molecule has 4 heteroatoms. The summed E-state index contributed by atoms with van der Waals surface area (Å²) in [5, 5.41) is 9.99. The van der Waals surface area contributed by atoms with Gasteiger partial charge in [0, 0.05) is 0 Å². The van der Waals surface area contributed by atoms with Crippen molar-refractivity contribution in [3.8, 4) is 0 Å². The Kier molecular flexibility index (Phi) is 3.41. The molecule has 88 valence electrons. The Bertz CT molecular complexity index is 245. The lowest BCUT2D eigenvalue weighted by molar-refractivity contribution is -0.165. The molecule has 0 radical (unpaired) electrons. The van der Waals surface area contributed by atoms with E-state index in [2.05, 4.69) is 0 Å². The number of nitrogens with zero attached hydrogens (tertiary/aromatic N) is 1. The zero-order valence-corrected chi connectivity index (χ0v) is 10.0. The Hall–Kier alpha value is -0.610. The Morgan fingerprint density at radius 3 is 2.13 bits per heavy atom. The lowest BCUT2D eigenvalue weighted by Gasteiger charge is -2.49. The van der Waals surface area contributed by atoms with Gasteiger partial charge >= 0.3 is 0 Å². The number of amides is 1. The first kappa shape index (κ1) is 12.5. The van der Waals surface area contributed by atoms with Gasteiger partial charge in [-0.15, -0.1) is 0 Å². The van der Waals surface area contributed by atoms with Crippen LogP contribution in [-0.2, 0) is 4.79 Å². The molecule has 4 nitrogen and oxygen atoms in total. The summed E-state index contributed by atoms with van der Waals surface area (Å²) in [6.07, 6.45) is 0. The molecule has 3 N–H and O–H groups in total. The van der Waals surface area contributed by atoms with Crippen LogP contribution in [0.2, 0.25) is 0 Å². The van der Waals surface area contributed by atoms with Gasteiger partial charge in [0.2, 0.25) is 5.91 Å². The Morgan fingerprint density at radius 2 is 1.80 bits per heavy atom. The first-order chi connectivity index (χ1) is 6.78. The third kappa shape index (κ3) is 2.32. The molecule has 1 rings (SSSR count). The van der Waals surface area contributed by atoms with E-state index >= 15 is 0 Å². The van der Waals surface area contributed by atoms with Gasteiger partial charge in [-0.1, -0.05) is 27.7 Å².